The number of hydrogen-bond acceptors (Lipinski definition) is 3. The minimum Gasteiger partial charge on any atom is -0.366 e. The molecule has 2 rings (SSSR count). The molecule has 0 fully saturated rings. The molecule has 3 nitrogen and oxygen atoms in total. The van der Waals surface area contributed by atoms with Gasteiger partial charge in [0.2, 0.25) is 0 Å². The standard InChI is InChI=1S/C28H44N2O/c1-7-29(8-2)21-19-27(25-15-11-23(5)12-16-25)31-28(20-22-30(9-3)10-4)26-17-13-24(6)14-18-26/h11-18,27-28H,7-10,19-22H2,1-6H3. The van der Waals surface area contributed by atoms with E-state index >= 15 is 0 Å². The van der Waals surface area contributed by atoms with E-state index in [4.69, 9.17) is 4.74 Å². The minimum absolute atomic E-state index is 0.101. The predicted molar refractivity (Wildman–Crippen MR) is 134 cm³/mol. The van der Waals surface area contributed by atoms with Gasteiger partial charge in [0, 0.05) is 13.1 Å². The molecule has 0 N–H and O–H groups in total. The van der Waals surface area contributed by atoms with Gasteiger partial charge >= 0.3 is 0 Å². The maximum absolute atomic E-state index is 6.93. The average molecular weight is 425 g/mol. The fourth-order valence-electron chi connectivity index (χ4n) is 4.07. The maximum Gasteiger partial charge on any atom is 0.0845 e. The molecule has 0 amide bonds. The Balaban J connectivity index is 2.25. The Hall–Kier alpha value is -1.68. The second kappa shape index (κ2) is 13.7. The summed E-state index contributed by atoms with van der Waals surface area (Å²) >= 11 is 0. The molecular formula is C28H44N2O. The van der Waals surface area contributed by atoms with Crippen molar-refractivity contribution in [2.75, 3.05) is 39.3 Å². The van der Waals surface area contributed by atoms with Crippen LogP contribution in [0, 0.1) is 13.8 Å². The van der Waals surface area contributed by atoms with Crippen molar-refractivity contribution < 1.29 is 4.74 Å². The van der Waals surface area contributed by atoms with Crippen LogP contribution in [0.15, 0.2) is 48.5 Å². The van der Waals surface area contributed by atoms with E-state index in [-0.39, 0.29) is 12.2 Å². The van der Waals surface area contributed by atoms with Crippen molar-refractivity contribution in [1.29, 1.82) is 0 Å². The van der Waals surface area contributed by atoms with Crippen LogP contribution in [0.4, 0.5) is 0 Å². The molecule has 0 saturated heterocycles. The summed E-state index contributed by atoms with van der Waals surface area (Å²) in [5.74, 6) is 0. The average Bonchev–Trinajstić information content (AvgIpc) is 2.79. The lowest BCUT2D eigenvalue weighted by molar-refractivity contribution is -0.0313. The van der Waals surface area contributed by atoms with Gasteiger partial charge in [-0.3, -0.25) is 0 Å². The Bertz CT molecular complexity index is 654. The number of nitrogens with zero attached hydrogens (tertiary/aromatic N) is 2. The topological polar surface area (TPSA) is 15.7 Å². The van der Waals surface area contributed by atoms with Gasteiger partial charge in [0.15, 0.2) is 0 Å². The largest absolute Gasteiger partial charge is 0.366 e. The van der Waals surface area contributed by atoms with Crippen molar-refractivity contribution in [2.24, 2.45) is 0 Å². The number of ether oxygens (including phenoxy) is 1. The molecule has 2 atom stereocenters. The molecule has 0 aliphatic heterocycles. The Morgan fingerprint density at radius 2 is 0.903 bits per heavy atom. The Kier molecular flexibility index (Phi) is 11.3. The van der Waals surface area contributed by atoms with Gasteiger partial charge in [-0.2, -0.15) is 0 Å². The van der Waals surface area contributed by atoms with E-state index in [2.05, 4.69) is 99.9 Å². The van der Waals surface area contributed by atoms with Gasteiger partial charge in [0.25, 0.3) is 0 Å². The summed E-state index contributed by atoms with van der Waals surface area (Å²) in [5.41, 5.74) is 5.17. The Morgan fingerprint density at radius 3 is 1.19 bits per heavy atom. The SMILES string of the molecule is CCN(CC)CCC(OC(CCN(CC)CC)c1ccc(C)cc1)c1ccc(C)cc1. The lowest BCUT2D eigenvalue weighted by atomic mass is 10.0. The minimum atomic E-state index is 0.101. The molecule has 172 valence electrons. The third kappa shape index (κ3) is 8.40. The summed E-state index contributed by atoms with van der Waals surface area (Å²) in [5, 5.41) is 0. The first-order chi connectivity index (χ1) is 15.0. The van der Waals surface area contributed by atoms with E-state index in [0.717, 1.165) is 52.1 Å². The maximum atomic E-state index is 6.93. The summed E-state index contributed by atoms with van der Waals surface area (Å²) in [6, 6.07) is 17.8. The van der Waals surface area contributed by atoms with Crippen molar-refractivity contribution in [3.63, 3.8) is 0 Å². The van der Waals surface area contributed by atoms with Crippen LogP contribution in [0.2, 0.25) is 0 Å². The van der Waals surface area contributed by atoms with E-state index in [1.807, 2.05) is 0 Å². The first kappa shape index (κ1) is 25.6. The van der Waals surface area contributed by atoms with Crippen LogP contribution in [0.5, 0.6) is 0 Å². The number of benzene rings is 2. The zero-order valence-electron chi connectivity index (χ0n) is 20.7. The lowest BCUT2D eigenvalue weighted by Crippen LogP contribution is -2.28. The molecule has 2 aromatic carbocycles. The van der Waals surface area contributed by atoms with Gasteiger partial charge in [-0.1, -0.05) is 87.4 Å². The Morgan fingerprint density at radius 1 is 0.581 bits per heavy atom. The van der Waals surface area contributed by atoms with Gasteiger partial charge in [0.1, 0.15) is 0 Å². The third-order valence-corrected chi connectivity index (χ3v) is 6.43. The number of aryl methyl sites for hydroxylation is 2. The van der Waals surface area contributed by atoms with Crippen LogP contribution in [0.1, 0.15) is 75.0 Å². The molecule has 31 heavy (non-hydrogen) atoms. The molecule has 0 saturated carbocycles. The van der Waals surface area contributed by atoms with Gasteiger partial charge in [0.05, 0.1) is 12.2 Å². The second-order valence-electron chi connectivity index (χ2n) is 8.57. The van der Waals surface area contributed by atoms with Crippen LogP contribution >= 0.6 is 0 Å². The number of hydrogen-bond donors (Lipinski definition) is 0. The van der Waals surface area contributed by atoms with Gasteiger partial charge in [-0.15, -0.1) is 0 Å². The summed E-state index contributed by atoms with van der Waals surface area (Å²) in [6.45, 7) is 19.7. The van der Waals surface area contributed by atoms with Crippen LogP contribution < -0.4 is 0 Å². The van der Waals surface area contributed by atoms with Crippen molar-refractivity contribution >= 4 is 0 Å². The van der Waals surface area contributed by atoms with Crippen molar-refractivity contribution in [3.8, 4) is 0 Å². The van der Waals surface area contributed by atoms with E-state index in [1.54, 1.807) is 0 Å². The first-order valence-electron chi connectivity index (χ1n) is 12.2. The highest BCUT2D eigenvalue weighted by molar-refractivity contribution is 5.25. The molecule has 2 aromatic rings. The summed E-state index contributed by atoms with van der Waals surface area (Å²) < 4.78 is 6.93. The smallest absolute Gasteiger partial charge is 0.0845 e. The Labute approximate surface area is 191 Å². The van der Waals surface area contributed by atoms with Crippen molar-refractivity contribution in [1.82, 2.24) is 9.80 Å². The van der Waals surface area contributed by atoms with Crippen molar-refractivity contribution in [3.05, 3.63) is 70.8 Å². The van der Waals surface area contributed by atoms with Crippen molar-refractivity contribution in [2.45, 2.75) is 66.6 Å². The summed E-state index contributed by atoms with van der Waals surface area (Å²) in [4.78, 5) is 4.97. The quantitative estimate of drug-likeness (QED) is 0.341. The fraction of sp³-hybridized carbons (Fsp3) is 0.571. The molecule has 2 unspecified atom stereocenters. The fourth-order valence-corrected chi connectivity index (χ4v) is 4.07. The predicted octanol–water partition coefficient (Wildman–Crippen LogP) is 6.57. The molecule has 0 radical (unpaired) electrons. The zero-order chi connectivity index (χ0) is 22.6. The molecule has 0 bridgehead atoms. The first-order valence-corrected chi connectivity index (χ1v) is 12.2. The van der Waals surface area contributed by atoms with Gasteiger partial charge < -0.3 is 14.5 Å². The van der Waals surface area contributed by atoms with Crippen LogP contribution in [0.25, 0.3) is 0 Å². The van der Waals surface area contributed by atoms with E-state index in [0.29, 0.717) is 0 Å². The zero-order valence-corrected chi connectivity index (χ0v) is 20.7. The van der Waals surface area contributed by atoms with Crippen LogP contribution in [0.3, 0.4) is 0 Å². The van der Waals surface area contributed by atoms with E-state index in [9.17, 15) is 0 Å². The van der Waals surface area contributed by atoms with Crippen LogP contribution in [-0.2, 0) is 4.74 Å². The van der Waals surface area contributed by atoms with E-state index in [1.165, 1.54) is 22.3 Å². The van der Waals surface area contributed by atoms with E-state index < -0.39 is 0 Å². The third-order valence-electron chi connectivity index (χ3n) is 6.43. The molecule has 0 aromatic heterocycles. The molecule has 0 heterocycles. The summed E-state index contributed by atoms with van der Waals surface area (Å²) in [6.07, 6.45) is 2.23. The van der Waals surface area contributed by atoms with Crippen LogP contribution in [-0.4, -0.2) is 49.1 Å². The molecule has 0 spiro atoms. The highest BCUT2D eigenvalue weighted by Crippen LogP contribution is 2.32. The molecule has 3 heteroatoms. The monoisotopic (exact) mass is 424 g/mol. The summed E-state index contributed by atoms with van der Waals surface area (Å²) in [7, 11) is 0. The van der Waals surface area contributed by atoms with Gasteiger partial charge in [-0.05, 0) is 64.0 Å². The highest BCUT2D eigenvalue weighted by atomic mass is 16.5. The highest BCUT2D eigenvalue weighted by Gasteiger charge is 2.21. The molecular weight excluding hydrogens is 380 g/mol. The lowest BCUT2D eigenvalue weighted by Gasteiger charge is -2.29. The number of rotatable bonds is 14. The molecule has 0 aliphatic rings. The second-order valence-corrected chi connectivity index (χ2v) is 8.57. The normalized spacial score (nSPS) is 13.7. The molecule has 0 aliphatic carbocycles. The van der Waals surface area contributed by atoms with Gasteiger partial charge in [-0.25, -0.2) is 0 Å².